The Morgan fingerprint density at radius 1 is 1.00 bits per heavy atom. The molecular formula is C21H33N. The van der Waals surface area contributed by atoms with Gasteiger partial charge in [-0.15, -0.1) is 0 Å². The molecule has 1 heteroatoms. The summed E-state index contributed by atoms with van der Waals surface area (Å²) in [6, 6.07) is 0. The van der Waals surface area contributed by atoms with E-state index in [2.05, 4.69) is 26.5 Å². The van der Waals surface area contributed by atoms with E-state index in [1.54, 1.807) is 0 Å². The van der Waals surface area contributed by atoms with E-state index in [0.717, 1.165) is 5.57 Å². The SMILES string of the molecule is C=C/C(=C1/C=CC=CC1=N)C(CCCCC)CCCCCC. The van der Waals surface area contributed by atoms with Crippen molar-refractivity contribution in [1.29, 1.82) is 5.41 Å². The summed E-state index contributed by atoms with van der Waals surface area (Å²) < 4.78 is 0. The second-order valence-corrected chi connectivity index (χ2v) is 6.25. The summed E-state index contributed by atoms with van der Waals surface area (Å²) in [5, 5.41) is 8.19. The van der Waals surface area contributed by atoms with Gasteiger partial charge in [0.15, 0.2) is 0 Å². The van der Waals surface area contributed by atoms with Crippen LogP contribution in [0.15, 0.2) is 48.1 Å². The molecule has 0 saturated carbocycles. The van der Waals surface area contributed by atoms with Crippen molar-refractivity contribution in [1.82, 2.24) is 0 Å². The zero-order valence-corrected chi connectivity index (χ0v) is 14.5. The molecule has 0 radical (unpaired) electrons. The summed E-state index contributed by atoms with van der Waals surface area (Å²) in [7, 11) is 0. The first-order valence-corrected chi connectivity index (χ1v) is 9.04. The van der Waals surface area contributed by atoms with Gasteiger partial charge in [-0.05, 0) is 30.4 Å². The molecule has 0 amide bonds. The largest absolute Gasteiger partial charge is 0.300 e. The van der Waals surface area contributed by atoms with Gasteiger partial charge in [0.25, 0.3) is 0 Å². The van der Waals surface area contributed by atoms with Gasteiger partial charge in [-0.3, -0.25) is 0 Å². The smallest absolute Gasteiger partial charge is 0.0615 e. The monoisotopic (exact) mass is 299 g/mol. The zero-order valence-electron chi connectivity index (χ0n) is 14.5. The average molecular weight is 300 g/mol. The highest BCUT2D eigenvalue weighted by Crippen LogP contribution is 2.30. The minimum absolute atomic E-state index is 0.562. The van der Waals surface area contributed by atoms with Gasteiger partial charge in [-0.2, -0.15) is 0 Å². The highest BCUT2D eigenvalue weighted by Gasteiger charge is 2.17. The minimum atomic E-state index is 0.562. The Balaban J connectivity index is 2.82. The lowest BCUT2D eigenvalue weighted by Gasteiger charge is -2.22. The van der Waals surface area contributed by atoms with Gasteiger partial charge in [0.1, 0.15) is 0 Å². The zero-order chi connectivity index (χ0) is 16.2. The van der Waals surface area contributed by atoms with Gasteiger partial charge in [0.2, 0.25) is 0 Å². The Kier molecular flexibility index (Phi) is 9.54. The van der Waals surface area contributed by atoms with Crippen molar-refractivity contribution in [2.75, 3.05) is 0 Å². The Hall–Kier alpha value is -1.37. The normalized spacial score (nSPS) is 17.6. The molecule has 0 fully saturated rings. The van der Waals surface area contributed by atoms with Crippen molar-refractivity contribution >= 4 is 5.71 Å². The van der Waals surface area contributed by atoms with E-state index in [-0.39, 0.29) is 0 Å². The van der Waals surface area contributed by atoms with E-state index >= 15 is 0 Å². The van der Waals surface area contributed by atoms with Crippen LogP contribution in [0.5, 0.6) is 0 Å². The molecule has 0 spiro atoms. The second-order valence-electron chi connectivity index (χ2n) is 6.25. The molecule has 122 valence electrons. The van der Waals surface area contributed by atoms with Crippen molar-refractivity contribution in [2.45, 2.75) is 71.6 Å². The van der Waals surface area contributed by atoms with Gasteiger partial charge in [0.05, 0.1) is 5.71 Å². The predicted molar refractivity (Wildman–Crippen MR) is 99.6 cm³/mol. The standard InChI is InChI=1S/C21H33N/c1-4-7-9-11-15-18(14-10-8-5-2)19(6-3)20-16-12-13-17-21(20)22/h6,12-13,16-18,22H,3-5,7-11,14-15H2,1-2H3/b20-19+,22-21?. The molecule has 1 N–H and O–H groups in total. The topological polar surface area (TPSA) is 23.9 Å². The number of allylic oxidation sites excluding steroid dienone is 7. The maximum atomic E-state index is 8.19. The van der Waals surface area contributed by atoms with Crippen LogP contribution < -0.4 is 0 Å². The molecule has 0 heterocycles. The van der Waals surface area contributed by atoms with Crippen LogP contribution in [0, 0.1) is 11.3 Å². The fraction of sp³-hybridized carbons (Fsp3) is 0.571. The molecule has 0 bridgehead atoms. The first-order chi connectivity index (χ1) is 10.7. The van der Waals surface area contributed by atoms with E-state index in [9.17, 15) is 0 Å². The third kappa shape index (κ3) is 6.17. The van der Waals surface area contributed by atoms with Crippen molar-refractivity contribution in [3.05, 3.63) is 48.1 Å². The van der Waals surface area contributed by atoms with Crippen molar-refractivity contribution in [3.8, 4) is 0 Å². The Morgan fingerprint density at radius 3 is 2.18 bits per heavy atom. The van der Waals surface area contributed by atoms with Crippen molar-refractivity contribution in [2.24, 2.45) is 5.92 Å². The number of rotatable bonds is 11. The second kappa shape index (κ2) is 11.2. The van der Waals surface area contributed by atoms with Crippen LogP contribution in [-0.4, -0.2) is 5.71 Å². The quantitative estimate of drug-likeness (QED) is 0.406. The molecule has 0 saturated heterocycles. The average Bonchev–Trinajstić information content (AvgIpc) is 2.53. The number of hydrogen-bond donors (Lipinski definition) is 1. The van der Waals surface area contributed by atoms with E-state index < -0.39 is 0 Å². The van der Waals surface area contributed by atoms with E-state index in [1.807, 2.05) is 24.3 Å². The van der Waals surface area contributed by atoms with E-state index in [0.29, 0.717) is 11.6 Å². The third-order valence-electron chi connectivity index (χ3n) is 4.46. The summed E-state index contributed by atoms with van der Waals surface area (Å²) in [6.45, 7) is 8.57. The lowest BCUT2D eigenvalue weighted by molar-refractivity contribution is 0.464. The van der Waals surface area contributed by atoms with Gasteiger partial charge < -0.3 is 5.41 Å². The molecule has 0 aromatic carbocycles. The van der Waals surface area contributed by atoms with Crippen LogP contribution in [0.1, 0.15) is 71.6 Å². The van der Waals surface area contributed by atoms with E-state index in [1.165, 1.54) is 63.4 Å². The van der Waals surface area contributed by atoms with Crippen LogP contribution in [-0.2, 0) is 0 Å². The maximum Gasteiger partial charge on any atom is 0.0615 e. The minimum Gasteiger partial charge on any atom is -0.300 e. The number of unbranched alkanes of at least 4 members (excludes halogenated alkanes) is 5. The fourth-order valence-electron chi connectivity index (χ4n) is 3.14. The van der Waals surface area contributed by atoms with Gasteiger partial charge in [0, 0.05) is 5.57 Å². The molecule has 1 aliphatic rings. The molecule has 1 nitrogen and oxygen atoms in total. The first-order valence-electron chi connectivity index (χ1n) is 9.04. The summed E-state index contributed by atoms with van der Waals surface area (Å²) in [5.74, 6) is 0.562. The highest BCUT2D eigenvalue weighted by molar-refractivity contribution is 6.10. The van der Waals surface area contributed by atoms with Crippen LogP contribution in [0.4, 0.5) is 0 Å². The lowest BCUT2D eigenvalue weighted by Crippen LogP contribution is -2.10. The Bertz CT molecular complexity index is 437. The molecule has 0 aromatic rings. The van der Waals surface area contributed by atoms with Crippen LogP contribution in [0.25, 0.3) is 0 Å². The van der Waals surface area contributed by atoms with Crippen LogP contribution >= 0.6 is 0 Å². The fourth-order valence-corrected chi connectivity index (χ4v) is 3.14. The highest BCUT2D eigenvalue weighted by atomic mass is 14.4. The molecule has 0 aromatic heterocycles. The van der Waals surface area contributed by atoms with Gasteiger partial charge in [-0.25, -0.2) is 0 Å². The lowest BCUT2D eigenvalue weighted by atomic mass is 9.83. The Labute approximate surface area is 137 Å². The molecule has 1 rings (SSSR count). The van der Waals surface area contributed by atoms with Crippen molar-refractivity contribution in [3.63, 3.8) is 0 Å². The van der Waals surface area contributed by atoms with Crippen LogP contribution in [0.3, 0.4) is 0 Å². The van der Waals surface area contributed by atoms with Crippen LogP contribution in [0.2, 0.25) is 0 Å². The first kappa shape index (κ1) is 18.7. The molecule has 1 atom stereocenters. The van der Waals surface area contributed by atoms with E-state index in [4.69, 9.17) is 5.41 Å². The maximum absolute atomic E-state index is 8.19. The van der Waals surface area contributed by atoms with Gasteiger partial charge in [-0.1, -0.05) is 89.7 Å². The number of hydrogen-bond acceptors (Lipinski definition) is 1. The molecule has 1 aliphatic carbocycles. The summed E-state index contributed by atoms with van der Waals surface area (Å²) in [6.07, 6.45) is 21.5. The number of nitrogens with one attached hydrogen (secondary N) is 1. The summed E-state index contributed by atoms with van der Waals surface area (Å²) >= 11 is 0. The molecule has 22 heavy (non-hydrogen) atoms. The van der Waals surface area contributed by atoms with Crippen molar-refractivity contribution < 1.29 is 0 Å². The van der Waals surface area contributed by atoms with Gasteiger partial charge >= 0.3 is 0 Å². The summed E-state index contributed by atoms with van der Waals surface area (Å²) in [5.41, 5.74) is 3.00. The molecular weight excluding hydrogens is 266 g/mol. The Morgan fingerprint density at radius 2 is 1.59 bits per heavy atom. The predicted octanol–water partition coefficient (Wildman–Crippen LogP) is 6.78. The molecule has 1 unspecified atom stereocenters. The summed E-state index contributed by atoms with van der Waals surface area (Å²) in [4.78, 5) is 0. The molecule has 0 aliphatic heterocycles. The third-order valence-corrected chi connectivity index (χ3v) is 4.46.